The molecule has 1 aliphatic carbocycles. The normalized spacial score (nSPS) is 17.7. The van der Waals surface area contributed by atoms with Gasteiger partial charge >= 0.3 is 6.09 Å². The molecule has 0 saturated carbocycles. The molecule has 0 radical (unpaired) electrons. The van der Waals surface area contributed by atoms with Crippen LogP contribution in [0.1, 0.15) is 50.8 Å². The van der Waals surface area contributed by atoms with Gasteiger partial charge in [0.05, 0.1) is 0 Å². The van der Waals surface area contributed by atoms with Crippen molar-refractivity contribution in [2.45, 2.75) is 65.0 Å². The van der Waals surface area contributed by atoms with Crippen LogP contribution in [0.5, 0.6) is 0 Å². The minimum absolute atomic E-state index is 0.164. The summed E-state index contributed by atoms with van der Waals surface area (Å²) in [7, 11) is 0. The number of carbonyl (C=O) groups is 1. The van der Waals surface area contributed by atoms with Gasteiger partial charge in [-0.15, -0.1) is 0 Å². The number of amides is 1. The highest BCUT2D eigenvalue weighted by Crippen LogP contribution is 2.24. The van der Waals surface area contributed by atoms with Crippen molar-refractivity contribution in [2.75, 3.05) is 0 Å². The Kier molecular flexibility index (Phi) is 4.36. The van der Waals surface area contributed by atoms with Crippen LogP contribution in [0.15, 0.2) is 18.2 Å². The third kappa shape index (κ3) is 3.99. The van der Waals surface area contributed by atoms with E-state index in [1.807, 2.05) is 20.8 Å². The van der Waals surface area contributed by atoms with Crippen molar-refractivity contribution >= 4 is 6.09 Å². The number of alkyl carbamates (subject to hydrolysis) is 1. The lowest BCUT2D eigenvalue weighted by Crippen LogP contribution is -2.39. The Morgan fingerprint density at radius 1 is 1.30 bits per heavy atom. The van der Waals surface area contributed by atoms with Gasteiger partial charge in [0, 0.05) is 6.04 Å². The number of benzene rings is 1. The molecular formula is C17H25NO2. The second-order valence-corrected chi connectivity index (χ2v) is 6.60. The second kappa shape index (κ2) is 5.86. The fourth-order valence-corrected chi connectivity index (χ4v) is 2.69. The lowest BCUT2D eigenvalue weighted by Gasteiger charge is -2.21. The zero-order valence-corrected chi connectivity index (χ0v) is 13.0. The summed E-state index contributed by atoms with van der Waals surface area (Å²) < 4.78 is 5.31. The van der Waals surface area contributed by atoms with Gasteiger partial charge in [0.15, 0.2) is 0 Å². The summed E-state index contributed by atoms with van der Waals surface area (Å²) >= 11 is 0. The Hall–Kier alpha value is -1.51. The Labute approximate surface area is 121 Å². The minimum atomic E-state index is -0.441. The molecule has 110 valence electrons. The maximum atomic E-state index is 11.8. The molecule has 0 bridgehead atoms. The van der Waals surface area contributed by atoms with Crippen LogP contribution in [0, 0.1) is 0 Å². The first-order valence-electron chi connectivity index (χ1n) is 7.47. The molecular weight excluding hydrogens is 250 g/mol. The molecule has 0 fully saturated rings. The summed E-state index contributed by atoms with van der Waals surface area (Å²) in [6, 6.07) is 6.86. The Balaban J connectivity index is 1.94. The van der Waals surface area contributed by atoms with E-state index in [0.29, 0.717) is 0 Å². The fourth-order valence-electron chi connectivity index (χ4n) is 2.69. The van der Waals surface area contributed by atoms with Crippen molar-refractivity contribution in [3.05, 3.63) is 34.9 Å². The number of fused-ring (bicyclic) bond motifs is 1. The number of nitrogens with one attached hydrogen (secondary N) is 1. The molecule has 1 aliphatic rings. The first-order valence-corrected chi connectivity index (χ1v) is 7.47. The molecule has 20 heavy (non-hydrogen) atoms. The van der Waals surface area contributed by atoms with E-state index < -0.39 is 5.60 Å². The number of rotatable bonds is 3. The number of ether oxygens (including phenoxy) is 1. The zero-order valence-electron chi connectivity index (χ0n) is 13.0. The number of hydrogen-bond acceptors (Lipinski definition) is 2. The third-order valence-corrected chi connectivity index (χ3v) is 3.46. The summed E-state index contributed by atoms with van der Waals surface area (Å²) in [6.45, 7) is 7.84. The molecule has 0 aliphatic heterocycles. The van der Waals surface area contributed by atoms with Crippen molar-refractivity contribution in [2.24, 2.45) is 0 Å². The van der Waals surface area contributed by atoms with Gasteiger partial charge in [-0.3, -0.25) is 0 Å². The monoisotopic (exact) mass is 275 g/mol. The van der Waals surface area contributed by atoms with Crippen molar-refractivity contribution in [1.29, 1.82) is 0 Å². The molecule has 3 nitrogen and oxygen atoms in total. The number of aryl methyl sites for hydroxylation is 1. The number of hydrogen-bond donors (Lipinski definition) is 1. The predicted molar refractivity (Wildman–Crippen MR) is 81.0 cm³/mol. The SMILES string of the molecule is CCCc1ccc2c(c1)CC(NC(=O)OC(C)(C)C)C2. The molecule has 3 heteroatoms. The van der Waals surface area contributed by atoms with E-state index in [1.165, 1.54) is 23.1 Å². The summed E-state index contributed by atoms with van der Waals surface area (Å²) in [5, 5.41) is 2.97. The molecule has 0 heterocycles. The van der Waals surface area contributed by atoms with Crippen molar-refractivity contribution in [3.63, 3.8) is 0 Å². The van der Waals surface area contributed by atoms with Gasteiger partial charge < -0.3 is 10.1 Å². The van der Waals surface area contributed by atoms with Crippen LogP contribution < -0.4 is 5.32 Å². The zero-order chi connectivity index (χ0) is 14.8. The van der Waals surface area contributed by atoms with Crippen LogP contribution in [-0.4, -0.2) is 17.7 Å². The summed E-state index contributed by atoms with van der Waals surface area (Å²) in [6.07, 6.45) is 3.78. The minimum Gasteiger partial charge on any atom is -0.444 e. The Bertz CT molecular complexity index is 488. The number of carbonyl (C=O) groups excluding carboxylic acids is 1. The van der Waals surface area contributed by atoms with Gasteiger partial charge in [0.25, 0.3) is 0 Å². The third-order valence-electron chi connectivity index (χ3n) is 3.46. The smallest absolute Gasteiger partial charge is 0.407 e. The van der Waals surface area contributed by atoms with Gasteiger partial charge in [-0.1, -0.05) is 31.5 Å². The summed E-state index contributed by atoms with van der Waals surface area (Å²) in [5.74, 6) is 0. The first-order chi connectivity index (χ1) is 9.37. The van der Waals surface area contributed by atoms with Crippen molar-refractivity contribution < 1.29 is 9.53 Å². The molecule has 1 amide bonds. The van der Waals surface area contributed by atoms with E-state index >= 15 is 0 Å². The maximum Gasteiger partial charge on any atom is 0.407 e. The van der Waals surface area contributed by atoms with Crippen LogP contribution in [0.2, 0.25) is 0 Å². The highest BCUT2D eigenvalue weighted by Gasteiger charge is 2.25. The molecule has 2 rings (SSSR count). The highest BCUT2D eigenvalue weighted by atomic mass is 16.6. The van der Waals surface area contributed by atoms with Gasteiger partial charge in [-0.2, -0.15) is 0 Å². The van der Waals surface area contributed by atoms with Crippen molar-refractivity contribution in [1.82, 2.24) is 5.32 Å². The van der Waals surface area contributed by atoms with E-state index in [9.17, 15) is 4.79 Å². The van der Waals surface area contributed by atoms with E-state index in [-0.39, 0.29) is 12.1 Å². The van der Waals surface area contributed by atoms with Crippen LogP contribution in [-0.2, 0) is 24.0 Å². The van der Waals surface area contributed by atoms with E-state index in [2.05, 4.69) is 30.4 Å². The van der Waals surface area contributed by atoms with Gasteiger partial charge in [-0.05, 0) is 56.7 Å². The van der Waals surface area contributed by atoms with E-state index in [0.717, 1.165) is 19.3 Å². The molecule has 0 aromatic heterocycles. The Morgan fingerprint density at radius 2 is 2.00 bits per heavy atom. The van der Waals surface area contributed by atoms with Gasteiger partial charge in [-0.25, -0.2) is 4.79 Å². The average Bonchev–Trinajstić information content (AvgIpc) is 2.67. The molecule has 1 unspecified atom stereocenters. The van der Waals surface area contributed by atoms with Crippen LogP contribution in [0.3, 0.4) is 0 Å². The standard InChI is InChI=1S/C17H25NO2/c1-5-6-12-7-8-13-10-15(11-14(13)9-12)18-16(19)20-17(2,3)4/h7-9,15H,5-6,10-11H2,1-4H3,(H,18,19). The van der Waals surface area contributed by atoms with Gasteiger partial charge in [0.2, 0.25) is 0 Å². The van der Waals surface area contributed by atoms with E-state index in [1.54, 1.807) is 0 Å². The molecule has 0 saturated heterocycles. The summed E-state index contributed by atoms with van der Waals surface area (Å²) in [5.41, 5.74) is 3.68. The lowest BCUT2D eigenvalue weighted by molar-refractivity contribution is 0.0506. The van der Waals surface area contributed by atoms with Crippen molar-refractivity contribution in [3.8, 4) is 0 Å². The molecule has 0 spiro atoms. The highest BCUT2D eigenvalue weighted by molar-refractivity contribution is 5.68. The Morgan fingerprint density at radius 3 is 2.65 bits per heavy atom. The molecule has 1 aromatic carbocycles. The van der Waals surface area contributed by atoms with Crippen LogP contribution >= 0.6 is 0 Å². The van der Waals surface area contributed by atoms with Crippen LogP contribution in [0.25, 0.3) is 0 Å². The van der Waals surface area contributed by atoms with E-state index in [4.69, 9.17) is 4.74 Å². The molecule has 1 aromatic rings. The average molecular weight is 275 g/mol. The molecule has 1 atom stereocenters. The lowest BCUT2D eigenvalue weighted by atomic mass is 10.0. The first kappa shape index (κ1) is 14.9. The summed E-state index contributed by atoms with van der Waals surface area (Å²) in [4.78, 5) is 11.8. The predicted octanol–water partition coefficient (Wildman–Crippen LogP) is 3.63. The second-order valence-electron chi connectivity index (χ2n) is 6.60. The quantitative estimate of drug-likeness (QED) is 0.914. The van der Waals surface area contributed by atoms with Gasteiger partial charge in [0.1, 0.15) is 5.60 Å². The molecule has 1 N–H and O–H groups in total. The fraction of sp³-hybridized carbons (Fsp3) is 0.588. The largest absolute Gasteiger partial charge is 0.444 e. The topological polar surface area (TPSA) is 38.3 Å². The van der Waals surface area contributed by atoms with Crippen LogP contribution in [0.4, 0.5) is 4.79 Å². The maximum absolute atomic E-state index is 11.8.